The second-order valence-electron chi connectivity index (χ2n) is 4.73. The van der Waals surface area contributed by atoms with Crippen molar-refractivity contribution >= 4 is 11.3 Å². The molecule has 0 N–H and O–H groups in total. The van der Waals surface area contributed by atoms with Crippen LogP contribution in [0.5, 0.6) is 0 Å². The lowest BCUT2D eigenvalue weighted by Crippen LogP contribution is -2.00. The minimum Gasteiger partial charge on any atom is -0.313 e. The Balaban J connectivity index is 2.44. The van der Waals surface area contributed by atoms with Crippen molar-refractivity contribution in [1.29, 1.82) is 0 Å². The second-order valence-corrected chi connectivity index (χ2v) is 4.73. The second kappa shape index (κ2) is 4.39. The Morgan fingerprint density at radius 2 is 1.68 bits per heavy atom. The van der Waals surface area contributed by atoms with E-state index in [-0.39, 0.29) is 5.78 Å². The van der Waals surface area contributed by atoms with E-state index in [4.69, 9.17) is 0 Å². The van der Waals surface area contributed by atoms with Crippen molar-refractivity contribution in [3.05, 3.63) is 66.0 Å². The minimum absolute atomic E-state index is 0.0909. The van der Waals surface area contributed by atoms with Gasteiger partial charge in [0.05, 0.1) is 5.69 Å². The lowest BCUT2D eigenvalue weighted by Gasteiger charge is -2.04. The van der Waals surface area contributed by atoms with E-state index in [2.05, 4.69) is 6.92 Å². The molecule has 0 aliphatic heterocycles. The van der Waals surface area contributed by atoms with Crippen LogP contribution in [0.25, 0.3) is 16.6 Å². The molecule has 94 valence electrons. The molecule has 0 aliphatic carbocycles. The Labute approximate surface area is 112 Å². The van der Waals surface area contributed by atoms with Crippen LogP contribution in [0.15, 0.2) is 54.7 Å². The number of fused-ring (bicyclic) bond motifs is 1. The van der Waals surface area contributed by atoms with Gasteiger partial charge in [-0.15, -0.1) is 0 Å². The van der Waals surface area contributed by atoms with Crippen molar-refractivity contribution in [2.24, 2.45) is 0 Å². The van der Waals surface area contributed by atoms with E-state index in [1.54, 1.807) is 6.92 Å². The summed E-state index contributed by atoms with van der Waals surface area (Å²) in [7, 11) is 0. The van der Waals surface area contributed by atoms with Gasteiger partial charge in [0.2, 0.25) is 0 Å². The van der Waals surface area contributed by atoms with Gasteiger partial charge in [-0.25, -0.2) is 0 Å². The zero-order chi connectivity index (χ0) is 13.4. The van der Waals surface area contributed by atoms with Gasteiger partial charge >= 0.3 is 0 Å². The van der Waals surface area contributed by atoms with E-state index in [0.29, 0.717) is 0 Å². The lowest BCUT2D eigenvalue weighted by atomic mass is 10.0. The first-order valence-corrected chi connectivity index (χ1v) is 6.36. The summed E-state index contributed by atoms with van der Waals surface area (Å²) in [4.78, 5) is 12.0. The molecule has 2 heteroatoms. The summed E-state index contributed by atoms with van der Waals surface area (Å²) >= 11 is 0. The van der Waals surface area contributed by atoms with Crippen molar-refractivity contribution in [3.8, 4) is 11.1 Å². The summed E-state index contributed by atoms with van der Waals surface area (Å²) in [5, 5.41) is 0. The van der Waals surface area contributed by atoms with Crippen LogP contribution in [-0.2, 0) is 0 Å². The number of hydrogen-bond acceptors (Lipinski definition) is 1. The van der Waals surface area contributed by atoms with E-state index in [0.717, 1.165) is 27.9 Å². The highest BCUT2D eigenvalue weighted by molar-refractivity contribution is 6.03. The summed E-state index contributed by atoms with van der Waals surface area (Å²) in [6.45, 7) is 3.70. The van der Waals surface area contributed by atoms with Crippen LogP contribution in [0.4, 0.5) is 0 Å². The fourth-order valence-corrected chi connectivity index (χ4v) is 2.67. The summed E-state index contributed by atoms with van der Waals surface area (Å²) in [5.41, 5.74) is 5.14. The molecule has 0 aliphatic rings. The van der Waals surface area contributed by atoms with E-state index >= 15 is 0 Å². The zero-order valence-electron chi connectivity index (χ0n) is 11.1. The molecule has 0 spiro atoms. The predicted octanol–water partition coefficient (Wildman–Crippen LogP) is 4.12. The average Bonchev–Trinajstić information content (AvgIpc) is 2.74. The largest absolute Gasteiger partial charge is 0.313 e. The van der Waals surface area contributed by atoms with Gasteiger partial charge < -0.3 is 4.40 Å². The molecule has 0 unspecified atom stereocenters. The third-order valence-electron chi connectivity index (χ3n) is 3.49. The number of aryl methyl sites for hydroxylation is 1. The predicted molar refractivity (Wildman–Crippen MR) is 77.6 cm³/mol. The van der Waals surface area contributed by atoms with Gasteiger partial charge in [0.15, 0.2) is 5.78 Å². The topological polar surface area (TPSA) is 21.5 Å². The van der Waals surface area contributed by atoms with Crippen molar-refractivity contribution in [1.82, 2.24) is 4.40 Å². The van der Waals surface area contributed by atoms with E-state index in [9.17, 15) is 4.79 Å². The number of rotatable bonds is 2. The molecule has 0 atom stereocenters. The summed E-state index contributed by atoms with van der Waals surface area (Å²) < 4.78 is 1.99. The number of aromatic nitrogens is 1. The number of hydrogen-bond donors (Lipinski definition) is 0. The average molecular weight is 249 g/mol. The van der Waals surface area contributed by atoms with Gasteiger partial charge in [0, 0.05) is 24.2 Å². The highest BCUT2D eigenvalue weighted by Crippen LogP contribution is 2.32. The minimum atomic E-state index is 0.0909. The molecule has 0 saturated carbocycles. The van der Waals surface area contributed by atoms with Crippen molar-refractivity contribution in [2.75, 3.05) is 0 Å². The Bertz CT molecular complexity index is 754. The molecule has 0 amide bonds. The molecule has 2 nitrogen and oxygen atoms in total. The molecule has 19 heavy (non-hydrogen) atoms. The lowest BCUT2D eigenvalue weighted by molar-refractivity contribution is 0.101. The van der Waals surface area contributed by atoms with Crippen LogP contribution in [0.3, 0.4) is 0 Å². The van der Waals surface area contributed by atoms with Crippen LogP contribution < -0.4 is 0 Å². The summed E-state index contributed by atoms with van der Waals surface area (Å²) in [6, 6.07) is 16.1. The normalized spacial score (nSPS) is 10.8. The molecule has 3 aromatic rings. The highest BCUT2D eigenvalue weighted by Gasteiger charge is 2.19. The van der Waals surface area contributed by atoms with Crippen LogP contribution in [-0.4, -0.2) is 10.2 Å². The van der Waals surface area contributed by atoms with Crippen molar-refractivity contribution in [2.45, 2.75) is 13.8 Å². The van der Waals surface area contributed by atoms with Crippen LogP contribution in [0.2, 0.25) is 0 Å². The molecule has 2 aromatic heterocycles. The van der Waals surface area contributed by atoms with Gasteiger partial charge in [-0.2, -0.15) is 0 Å². The first-order valence-electron chi connectivity index (χ1n) is 6.36. The van der Waals surface area contributed by atoms with E-state index in [1.807, 2.05) is 59.1 Å². The monoisotopic (exact) mass is 249 g/mol. The number of benzene rings is 1. The fourth-order valence-electron chi connectivity index (χ4n) is 2.67. The highest BCUT2D eigenvalue weighted by atomic mass is 16.1. The Kier molecular flexibility index (Phi) is 2.71. The Morgan fingerprint density at radius 3 is 2.37 bits per heavy atom. The quantitative estimate of drug-likeness (QED) is 0.626. The maximum absolute atomic E-state index is 12.0. The molecular formula is C17H15NO. The van der Waals surface area contributed by atoms with Gasteiger partial charge in [-0.1, -0.05) is 36.4 Å². The molecule has 0 saturated heterocycles. The Morgan fingerprint density at radius 1 is 1.00 bits per heavy atom. The van der Waals surface area contributed by atoms with Crippen LogP contribution in [0, 0.1) is 6.92 Å². The fraction of sp³-hybridized carbons (Fsp3) is 0.118. The van der Waals surface area contributed by atoms with Gasteiger partial charge in [-0.05, 0) is 30.2 Å². The molecule has 0 radical (unpaired) electrons. The first kappa shape index (κ1) is 11.7. The summed E-state index contributed by atoms with van der Waals surface area (Å²) in [6.07, 6.45) is 1.95. The maximum Gasteiger partial charge on any atom is 0.177 e. The number of ketones is 1. The maximum atomic E-state index is 12.0. The zero-order valence-corrected chi connectivity index (χ0v) is 11.1. The number of carbonyl (C=O) groups excluding carboxylic acids is 1. The van der Waals surface area contributed by atoms with E-state index < -0.39 is 0 Å². The van der Waals surface area contributed by atoms with Crippen LogP contribution >= 0.6 is 0 Å². The van der Waals surface area contributed by atoms with Crippen LogP contribution in [0.1, 0.15) is 23.0 Å². The first-order chi connectivity index (χ1) is 9.20. The smallest absolute Gasteiger partial charge is 0.177 e. The number of pyridine rings is 1. The molecule has 1 aromatic carbocycles. The standard InChI is InChI=1S/C17H15NO/c1-12-15-10-6-7-11-18(15)17(13(2)19)16(12)14-8-4-3-5-9-14/h3-11H,1-2H3. The molecule has 0 bridgehead atoms. The Hall–Kier alpha value is -2.35. The summed E-state index contributed by atoms with van der Waals surface area (Å²) in [5.74, 6) is 0.0909. The third-order valence-corrected chi connectivity index (χ3v) is 3.49. The number of nitrogens with zero attached hydrogens (tertiary/aromatic N) is 1. The number of carbonyl (C=O) groups is 1. The SMILES string of the molecule is CC(=O)c1c(-c2ccccc2)c(C)c2ccccn12. The van der Waals surface area contributed by atoms with Gasteiger partial charge in [0.25, 0.3) is 0 Å². The molecule has 0 fully saturated rings. The van der Waals surface area contributed by atoms with Gasteiger partial charge in [0.1, 0.15) is 0 Å². The van der Waals surface area contributed by atoms with Crippen molar-refractivity contribution < 1.29 is 4.79 Å². The van der Waals surface area contributed by atoms with Gasteiger partial charge in [-0.3, -0.25) is 4.79 Å². The molecular weight excluding hydrogens is 234 g/mol. The van der Waals surface area contributed by atoms with Crippen molar-refractivity contribution in [3.63, 3.8) is 0 Å². The van der Waals surface area contributed by atoms with E-state index in [1.165, 1.54) is 0 Å². The third kappa shape index (κ3) is 1.76. The number of Topliss-reactive ketones (excluding diaryl/α,β-unsaturated/α-hetero) is 1. The molecule has 3 rings (SSSR count). The molecule has 2 heterocycles.